The van der Waals surface area contributed by atoms with Gasteiger partial charge in [0.25, 0.3) is 5.91 Å². The number of aromatic amines is 1. The molecule has 5 rings (SSSR count). The number of nitrogens with zero attached hydrogens (tertiary/aromatic N) is 1. The number of benzene rings is 2. The molecule has 2 aliphatic rings. The van der Waals surface area contributed by atoms with Gasteiger partial charge in [0.2, 0.25) is 0 Å². The molecule has 2 aromatic carbocycles. The normalized spacial score (nSPS) is 20.2. The summed E-state index contributed by atoms with van der Waals surface area (Å²) in [7, 11) is 0. The smallest absolute Gasteiger partial charge is 0.300 e. The van der Waals surface area contributed by atoms with Gasteiger partial charge in [-0.15, -0.1) is 6.42 Å². The molecule has 5 nitrogen and oxygen atoms in total. The number of terminal acetylenes is 1. The molecule has 1 aromatic heterocycles. The molecule has 0 unspecified atom stereocenters. The lowest BCUT2D eigenvalue weighted by Crippen LogP contribution is -2.54. The highest BCUT2D eigenvalue weighted by Gasteiger charge is 2.39. The van der Waals surface area contributed by atoms with Crippen LogP contribution in [-0.4, -0.2) is 34.5 Å². The lowest BCUT2D eigenvalue weighted by molar-refractivity contribution is -0.130. The van der Waals surface area contributed by atoms with E-state index in [1.165, 1.54) is 30.2 Å². The Balaban J connectivity index is 1.57. The maximum atomic E-state index is 13.1. The van der Waals surface area contributed by atoms with Crippen LogP contribution in [0.15, 0.2) is 48.5 Å². The zero-order valence-corrected chi connectivity index (χ0v) is 19.2. The number of carbonyl (C=O) groups is 1. The minimum atomic E-state index is -0.282. The molecule has 1 fully saturated rings. The van der Waals surface area contributed by atoms with Crippen LogP contribution in [0, 0.1) is 12.3 Å². The third kappa shape index (κ3) is 4.12. The molecule has 1 saturated carbocycles. The fourth-order valence-electron chi connectivity index (χ4n) is 5.11. The summed E-state index contributed by atoms with van der Waals surface area (Å²) >= 11 is 0. The molecule has 0 bridgehead atoms. The molecule has 1 aliphatic heterocycles. The van der Waals surface area contributed by atoms with Gasteiger partial charge in [-0.1, -0.05) is 43.7 Å². The second-order valence-electron chi connectivity index (χ2n) is 9.24. The third-order valence-corrected chi connectivity index (χ3v) is 7.10. The molecule has 2 heterocycles. The van der Waals surface area contributed by atoms with Crippen molar-refractivity contribution >= 4 is 22.5 Å². The van der Waals surface area contributed by atoms with Crippen molar-refractivity contribution in [1.82, 2.24) is 15.2 Å². The number of H-pyrrole nitrogens is 1. The van der Waals surface area contributed by atoms with Crippen molar-refractivity contribution in [3.8, 4) is 12.3 Å². The molecule has 0 spiro atoms. The molecule has 170 valence electrons. The van der Waals surface area contributed by atoms with Crippen molar-refractivity contribution in [2.24, 2.45) is 0 Å². The predicted molar refractivity (Wildman–Crippen MR) is 134 cm³/mol. The van der Waals surface area contributed by atoms with E-state index in [4.69, 9.17) is 6.42 Å². The molecule has 3 aromatic rings. The van der Waals surface area contributed by atoms with E-state index < -0.39 is 0 Å². The molecule has 5 heteroatoms. The van der Waals surface area contributed by atoms with Crippen LogP contribution in [0.25, 0.3) is 10.9 Å². The number of carbonyl (C=O) groups excluding carboxylic acids is 1. The van der Waals surface area contributed by atoms with Gasteiger partial charge in [-0.25, -0.2) is 0 Å². The molecule has 3 N–H and O–H groups in total. The average Bonchev–Trinajstić information content (AvgIpc) is 3.19. The number of nitrogens with one attached hydrogen (secondary N) is 3. The fourth-order valence-corrected chi connectivity index (χ4v) is 5.11. The van der Waals surface area contributed by atoms with Crippen LogP contribution in [0.3, 0.4) is 0 Å². The number of aromatic nitrogens is 1. The number of fused-ring (bicyclic) bond motifs is 3. The number of rotatable bonds is 7. The highest BCUT2D eigenvalue weighted by molar-refractivity contribution is 5.94. The topological polar surface area (TPSA) is 60.2 Å². The molecule has 1 aliphatic carbocycles. The van der Waals surface area contributed by atoms with Crippen LogP contribution in [0.4, 0.5) is 5.69 Å². The minimum Gasteiger partial charge on any atom is -0.382 e. The summed E-state index contributed by atoms with van der Waals surface area (Å²) in [6.07, 6.45) is 12.2. The number of amides is 1. The Kier molecular flexibility index (Phi) is 6.11. The molecule has 1 amide bonds. The Morgan fingerprint density at radius 2 is 1.97 bits per heavy atom. The van der Waals surface area contributed by atoms with E-state index in [-0.39, 0.29) is 18.1 Å². The van der Waals surface area contributed by atoms with Crippen LogP contribution >= 0.6 is 0 Å². The summed E-state index contributed by atoms with van der Waals surface area (Å²) < 4.78 is 0. The first-order valence-electron chi connectivity index (χ1n) is 12.2. The quantitative estimate of drug-likeness (QED) is 0.360. The SMILES string of the molecule is C#CC(=O)N1[C@@H](c2ccc(NC3CCC3)cc2)c2[nH]c3ccccc3c2C[C@@H]1NCCCC. The first kappa shape index (κ1) is 21.6. The van der Waals surface area contributed by atoms with E-state index in [1.54, 1.807) is 0 Å². The van der Waals surface area contributed by atoms with E-state index in [0.717, 1.165) is 48.3 Å². The zero-order chi connectivity index (χ0) is 22.8. The zero-order valence-electron chi connectivity index (χ0n) is 19.2. The van der Waals surface area contributed by atoms with Crippen LogP contribution in [0.1, 0.15) is 61.9 Å². The van der Waals surface area contributed by atoms with Gasteiger partial charge in [0.05, 0.1) is 12.2 Å². The summed E-state index contributed by atoms with van der Waals surface area (Å²) in [5.41, 5.74) is 5.62. The largest absolute Gasteiger partial charge is 0.382 e. The number of hydrogen-bond donors (Lipinski definition) is 3. The van der Waals surface area contributed by atoms with Gasteiger partial charge < -0.3 is 15.2 Å². The lowest BCUT2D eigenvalue weighted by Gasteiger charge is -2.42. The molecule has 33 heavy (non-hydrogen) atoms. The first-order valence-corrected chi connectivity index (χ1v) is 12.2. The summed E-state index contributed by atoms with van der Waals surface area (Å²) in [5.74, 6) is 2.11. The van der Waals surface area contributed by atoms with Crippen molar-refractivity contribution in [3.63, 3.8) is 0 Å². The van der Waals surface area contributed by atoms with Crippen LogP contribution in [-0.2, 0) is 11.2 Å². The number of anilines is 1. The second-order valence-corrected chi connectivity index (χ2v) is 9.24. The lowest BCUT2D eigenvalue weighted by atomic mass is 9.90. The maximum absolute atomic E-state index is 13.1. The monoisotopic (exact) mass is 440 g/mol. The Morgan fingerprint density at radius 3 is 2.67 bits per heavy atom. The van der Waals surface area contributed by atoms with Gasteiger partial charge in [0.1, 0.15) is 0 Å². The van der Waals surface area contributed by atoms with Gasteiger partial charge >= 0.3 is 0 Å². The average molecular weight is 441 g/mol. The summed E-state index contributed by atoms with van der Waals surface area (Å²) in [6, 6.07) is 17.2. The standard InChI is InChI=1S/C28H32N4O/c1-3-5-17-29-25-18-23-22-11-6-7-12-24(22)31-27(23)28(32(25)26(33)4-2)19-13-15-21(16-14-19)30-20-9-8-10-20/h2,6-7,11-16,20,25,28-31H,3,5,8-10,17-18H2,1H3/t25-,28+/m1/s1. The van der Waals surface area contributed by atoms with Crippen molar-refractivity contribution in [3.05, 3.63) is 65.4 Å². The van der Waals surface area contributed by atoms with Crippen LogP contribution < -0.4 is 10.6 Å². The van der Waals surface area contributed by atoms with E-state index in [9.17, 15) is 4.79 Å². The Labute approximate surface area is 195 Å². The molecular formula is C28H32N4O. The number of hydrogen-bond acceptors (Lipinski definition) is 3. The Bertz CT molecular complexity index is 1170. The fraction of sp³-hybridized carbons (Fsp3) is 0.393. The highest BCUT2D eigenvalue weighted by atomic mass is 16.2. The van der Waals surface area contributed by atoms with E-state index in [0.29, 0.717) is 6.04 Å². The van der Waals surface area contributed by atoms with Crippen molar-refractivity contribution < 1.29 is 4.79 Å². The number of para-hydroxylation sites is 1. The van der Waals surface area contributed by atoms with Crippen molar-refractivity contribution in [2.75, 3.05) is 11.9 Å². The van der Waals surface area contributed by atoms with E-state index >= 15 is 0 Å². The van der Waals surface area contributed by atoms with E-state index in [1.807, 2.05) is 11.0 Å². The highest BCUT2D eigenvalue weighted by Crippen LogP contribution is 2.40. The van der Waals surface area contributed by atoms with Crippen LogP contribution in [0.2, 0.25) is 0 Å². The minimum absolute atomic E-state index is 0.149. The first-order chi connectivity index (χ1) is 16.2. The molecular weight excluding hydrogens is 408 g/mol. The van der Waals surface area contributed by atoms with Crippen LogP contribution in [0.5, 0.6) is 0 Å². The number of unbranched alkanes of at least 4 members (excludes halogenated alkanes) is 1. The van der Waals surface area contributed by atoms with Gasteiger partial charge in [-0.3, -0.25) is 10.1 Å². The third-order valence-electron chi connectivity index (χ3n) is 7.10. The Morgan fingerprint density at radius 1 is 1.18 bits per heavy atom. The Hall–Kier alpha value is -3.23. The van der Waals surface area contributed by atoms with Gasteiger partial charge in [-0.2, -0.15) is 0 Å². The van der Waals surface area contributed by atoms with E-state index in [2.05, 4.69) is 70.9 Å². The summed E-state index contributed by atoms with van der Waals surface area (Å²) in [6.45, 7) is 3.02. The predicted octanol–water partition coefficient (Wildman–Crippen LogP) is 4.96. The van der Waals surface area contributed by atoms with Gasteiger partial charge in [0.15, 0.2) is 0 Å². The van der Waals surface area contributed by atoms with Crippen molar-refractivity contribution in [1.29, 1.82) is 0 Å². The molecule has 0 radical (unpaired) electrons. The van der Waals surface area contributed by atoms with Gasteiger partial charge in [-0.05, 0) is 67.5 Å². The van der Waals surface area contributed by atoms with Gasteiger partial charge in [0, 0.05) is 34.7 Å². The van der Waals surface area contributed by atoms with Crippen molar-refractivity contribution in [2.45, 2.75) is 63.7 Å². The molecule has 2 atom stereocenters. The second kappa shape index (κ2) is 9.33. The molecule has 0 saturated heterocycles. The maximum Gasteiger partial charge on any atom is 0.300 e. The summed E-state index contributed by atoms with van der Waals surface area (Å²) in [5, 5.41) is 8.44. The summed E-state index contributed by atoms with van der Waals surface area (Å²) in [4.78, 5) is 18.6.